The second kappa shape index (κ2) is 7.20. The van der Waals surface area contributed by atoms with E-state index in [4.69, 9.17) is 23.2 Å². The largest absolute Gasteiger partial charge is 0.331 e. The van der Waals surface area contributed by atoms with Gasteiger partial charge in [0.15, 0.2) is 0 Å². The Bertz CT molecular complexity index is 588. The number of carbonyl (C=O) groups is 1. The molecule has 2 rings (SSSR count). The number of rotatable bonds is 1. The molecular weight excluding hydrogens is 305 g/mol. The summed E-state index contributed by atoms with van der Waals surface area (Å²) in [6, 6.07) is 5.74. The van der Waals surface area contributed by atoms with Crippen LogP contribution in [0.15, 0.2) is 18.2 Å². The number of halogens is 2. The third kappa shape index (κ3) is 3.93. The van der Waals surface area contributed by atoms with Crippen LogP contribution in [0.25, 0.3) is 0 Å². The maximum Gasteiger partial charge on any atom is 0.298 e. The van der Waals surface area contributed by atoms with Crippen LogP contribution in [0, 0.1) is 17.8 Å². The van der Waals surface area contributed by atoms with E-state index >= 15 is 0 Å². The SMILES string of the molecule is CCC#CC(=O)N1CC[C@H](C)[C@@H](c2ccc(Cl)c(Cl)c2)C1. The van der Waals surface area contributed by atoms with Crippen molar-refractivity contribution in [2.45, 2.75) is 32.6 Å². The van der Waals surface area contributed by atoms with Crippen molar-refractivity contribution in [3.63, 3.8) is 0 Å². The molecule has 2 atom stereocenters. The third-order valence-corrected chi connectivity index (χ3v) is 4.73. The number of hydrogen-bond donors (Lipinski definition) is 0. The van der Waals surface area contributed by atoms with Gasteiger partial charge in [0.05, 0.1) is 10.0 Å². The summed E-state index contributed by atoms with van der Waals surface area (Å²) >= 11 is 12.1. The van der Waals surface area contributed by atoms with Crippen LogP contribution in [0.5, 0.6) is 0 Å². The highest BCUT2D eigenvalue weighted by Gasteiger charge is 2.29. The average Bonchev–Trinajstić information content (AvgIpc) is 2.48. The van der Waals surface area contributed by atoms with E-state index in [9.17, 15) is 4.79 Å². The number of likely N-dealkylation sites (tertiary alicyclic amines) is 1. The lowest BCUT2D eigenvalue weighted by Gasteiger charge is -2.36. The fourth-order valence-corrected chi connectivity index (χ4v) is 2.98. The number of piperidine rings is 1. The molecule has 1 heterocycles. The summed E-state index contributed by atoms with van der Waals surface area (Å²) in [6.07, 6.45) is 1.68. The molecular formula is C17H19Cl2NO. The molecule has 0 radical (unpaired) electrons. The number of benzene rings is 1. The van der Waals surface area contributed by atoms with Crippen molar-refractivity contribution in [3.05, 3.63) is 33.8 Å². The summed E-state index contributed by atoms with van der Waals surface area (Å²) in [4.78, 5) is 13.9. The van der Waals surface area contributed by atoms with Crippen LogP contribution in [0.3, 0.4) is 0 Å². The van der Waals surface area contributed by atoms with Crippen LogP contribution in [0.2, 0.25) is 10.0 Å². The first-order valence-electron chi connectivity index (χ1n) is 7.25. The van der Waals surface area contributed by atoms with E-state index in [0.29, 0.717) is 28.9 Å². The summed E-state index contributed by atoms with van der Waals surface area (Å²) in [5, 5.41) is 1.13. The molecule has 1 fully saturated rings. The van der Waals surface area contributed by atoms with Gasteiger partial charge in [0.25, 0.3) is 5.91 Å². The normalized spacial score (nSPS) is 21.6. The van der Waals surface area contributed by atoms with Gasteiger partial charge in [-0.3, -0.25) is 4.79 Å². The van der Waals surface area contributed by atoms with Gasteiger partial charge >= 0.3 is 0 Å². The monoisotopic (exact) mass is 323 g/mol. The van der Waals surface area contributed by atoms with Crippen molar-refractivity contribution in [1.29, 1.82) is 0 Å². The van der Waals surface area contributed by atoms with Crippen molar-refractivity contribution in [3.8, 4) is 11.8 Å². The van der Waals surface area contributed by atoms with E-state index in [1.165, 1.54) is 0 Å². The van der Waals surface area contributed by atoms with Crippen molar-refractivity contribution >= 4 is 29.1 Å². The minimum absolute atomic E-state index is 0.0752. The summed E-state index contributed by atoms with van der Waals surface area (Å²) in [6.45, 7) is 5.62. The first-order valence-corrected chi connectivity index (χ1v) is 8.01. The summed E-state index contributed by atoms with van der Waals surface area (Å²) in [5.74, 6) is 6.26. The van der Waals surface area contributed by atoms with Gasteiger partial charge in [-0.05, 0) is 36.0 Å². The molecule has 0 N–H and O–H groups in total. The van der Waals surface area contributed by atoms with Gasteiger partial charge in [-0.1, -0.05) is 49.0 Å². The molecule has 1 aliphatic heterocycles. The van der Waals surface area contributed by atoms with E-state index < -0.39 is 0 Å². The van der Waals surface area contributed by atoms with Crippen molar-refractivity contribution in [2.75, 3.05) is 13.1 Å². The molecule has 0 spiro atoms. The van der Waals surface area contributed by atoms with Gasteiger partial charge in [-0.15, -0.1) is 0 Å². The standard InChI is InChI=1S/C17H19Cl2NO/c1-3-4-5-17(21)20-9-8-12(2)14(11-20)13-6-7-15(18)16(19)10-13/h6-7,10,12,14H,3,8-9,11H2,1-2H3/t12-,14-/m0/s1. The minimum atomic E-state index is -0.0752. The molecule has 4 heteroatoms. The lowest BCUT2D eigenvalue weighted by molar-refractivity contribution is -0.126. The van der Waals surface area contributed by atoms with Gasteiger partial charge in [-0.25, -0.2) is 0 Å². The van der Waals surface area contributed by atoms with Crippen molar-refractivity contribution in [2.24, 2.45) is 5.92 Å². The molecule has 112 valence electrons. The van der Waals surface area contributed by atoms with Crippen LogP contribution in [-0.4, -0.2) is 23.9 Å². The van der Waals surface area contributed by atoms with Crippen LogP contribution in [-0.2, 0) is 4.79 Å². The molecule has 0 aromatic heterocycles. The molecule has 1 saturated heterocycles. The van der Waals surface area contributed by atoms with Crippen molar-refractivity contribution in [1.82, 2.24) is 4.90 Å². The first kappa shape index (κ1) is 16.2. The van der Waals surface area contributed by atoms with Gasteiger partial charge < -0.3 is 4.90 Å². The number of amides is 1. The Morgan fingerprint density at radius 2 is 2.14 bits per heavy atom. The molecule has 0 saturated carbocycles. The Kier molecular flexibility index (Phi) is 5.56. The van der Waals surface area contributed by atoms with Crippen LogP contribution >= 0.6 is 23.2 Å². The van der Waals surface area contributed by atoms with Gasteiger partial charge in [0.1, 0.15) is 0 Å². The highest BCUT2D eigenvalue weighted by molar-refractivity contribution is 6.42. The Labute approximate surface area is 136 Å². The molecule has 0 aliphatic carbocycles. The average molecular weight is 324 g/mol. The smallest absolute Gasteiger partial charge is 0.298 e. The second-order valence-corrected chi connectivity index (χ2v) is 6.27. The quantitative estimate of drug-likeness (QED) is 0.703. The predicted octanol–water partition coefficient (Wildman–Crippen LogP) is 4.36. The lowest BCUT2D eigenvalue weighted by atomic mass is 9.82. The highest BCUT2D eigenvalue weighted by Crippen LogP contribution is 2.35. The maximum absolute atomic E-state index is 12.1. The molecule has 1 amide bonds. The van der Waals surface area contributed by atoms with Crippen LogP contribution in [0.4, 0.5) is 0 Å². The van der Waals surface area contributed by atoms with E-state index in [1.807, 2.05) is 30.0 Å². The molecule has 21 heavy (non-hydrogen) atoms. The van der Waals surface area contributed by atoms with E-state index in [-0.39, 0.29) is 11.8 Å². The molecule has 1 aromatic rings. The fourth-order valence-electron chi connectivity index (χ4n) is 2.67. The van der Waals surface area contributed by atoms with Gasteiger partial charge in [-0.2, -0.15) is 0 Å². The highest BCUT2D eigenvalue weighted by atomic mass is 35.5. The van der Waals surface area contributed by atoms with Crippen LogP contribution < -0.4 is 0 Å². The van der Waals surface area contributed by atoms with Crippen LogP contribution in [0.1, 0.15) is 38.2 Å². The Morgan fingerprint density at radius 3 is 2.81 bits per heavy atom. The topological polar surface area (TPSA) is 20.3 Å². The molecule has 0 bridgehead atoms. The van der Waals surface area contributed by atoms with Crippen molar-refractivity contribution < 1.29 is 4.79 Å². The molecule has 0 unspecified atom stereocenters. The van der Waals surface area contributed by atoms with E-state index in [1.54, 1.807) is 0 Å². The number of carbonyl (C=O) groups excluding carboxylic acids is 1. The number of nitrogens with zero attached hydrogens (tertiary/aromatic N) is 1. The number of hydrogen-bond acceptors (Lipinski definition) is 1. The van der Waals surface area contributed by atoms with E-state index in [2.05, 4.69) is 18.8 Å². The predicted molar refractivity (Wildman–Crippen MR) is 87.6 cm³/mol. The summed E-state index contributed by atoms with van der Waals surface area (Å²) < 4.78 is 0. The molecule has 2 nitrogen and oxygen atoms in total. The molecule has 1 aliphatic rings. The Morgan fingerprint density at radius 1 is 1.38 bits per heavy atom. The summed E-state index contributed by atoms with van der Waals surface area (Å²) in [7, 11) is 0. The Balaban J connectivity index is 2.18. The third-order valence-electron chi connectivity index (χ3n) is 3.99. The minimum Gasteiger partial charge on any atom is -0.331 e. The zero-order valence-corrected chi connectivity index (χ0v) is 13.8. The zero-order chi connectivity index (χ0) is 15.4. The fraction of sp³-hybridized carbons (Fsp3) is 0.471. The van der Waals surface area contributed by atoms with Gasteiger partial charge in [0, 0.05) is 25.4 Å². The summed E-state index contributed by atoms with van der Waals surface area (Å²) in [5.41, 5.74) is 1.14. The maximum atomic E-state index is 12.1. The van der Waals surface area contributed by atoms with Gasteiger partial charge in [0.2, 0.25) is 0 Å². The zero-order valence-electron chi connectivity index (χ0n) is 12.3. The first-order chi connectivity index (χ1) is 10.0. The second-order valence-electron chi connectivity index (χ2n) is 5.45. The molecule has 1 aromatic carbocycles. The lowest BCUT2D eigenvalue weighted by Crippen LogP contribution is -2.41. The van der Waals surface area contributed by atoms with E-state index in [0.717, 1.165) is 18.5 Å². The Hall–Kier alpha value is -1.17.